The van der Waals surface area contributed by atoms with E-state index in [1.807, 2.05) is 0 Å². The Labute approximate surface area is 161 Å². The number of nitrogens with one attached hydrogen (secondary N) is 1. The van der Waals surface area contributed by atoms with Crippen molar-refractivity contribution < 1.29 is 13.2 Å². The fourth-order valence-corrected chi connectivity index (χ4v) is 6.02. The molecule has 0 saturated carbocycles. The number of benzene rings is 1. The van der Waals surface area contributed by atoms with Crippen molar-refractivity contribution in [3.05, 3.63) is 29.8 Å². The summed E-state index contributed by atoms with van der Waals surface area (Å²) < 4.78 is 27.3. The van der Waals surface area contributed by atoms with Crippen LogP contribution < -0.4 is 5.32 Å². The first-order chi connectivity index (χ1) is 12.4. The molecule has 0 radical (unpaired) electrons. The lowest BCUT2D eigenvalue weighted by Gasteiger charge is -2.15. The maximum absolute atomic E-state index is 12.5. The van der Waals surface area contributed by atoms with Crippen molar-refractivity contribution in [2.45, 2.75) is 41.2 Å². The van der Waals surface area contributed by atoms with Gasteiger partial charge in [0.25, 0.3) is 5.91 Å². The minimum absolute atomic E-state index is 0.211. The number of thioether (sulfide) groups is 1. The van der Waals surface area contributed by atoms with Crippen LogP contribution in [-0.4, -0.2) is 47.2 Å². The van der Waals surface area contributed by atoms with E-state index in [1.165, 1.54) is 39.9 Å². The SMILES string of the molecule is CC(C)Sc1nnc(NC(=O)c2ccc(S(=O)(=O)N3CCCC3)cc2)s1. The molecule has 0 spiro atoms. The molecule has 1 aromatic heterocycles. The summed E-state index contributed by atoms with van der Waals surface area (Å²) in [6.07, 6.45) is 1.78. The fourth-order valence-electron chi connectivity index (χ4n) is 2.53. The number of aromatic nitrogens is 2. The summed E-state index contributed by atoms with van der Waals surface area (Å²) in [4.78, 5) is 12.5. The van der Waals surface area contributed by atoms with Crippen molar-refractivity contribution in [2.75, 3.05) is 18.4 Å². The molecule has 1 fully saturated rings. The minimum Gasteiger partial charge on any atom is -0.296 e. The van der Waals surface area contributed by atoms with Gasteiger partial charge in [-0.05, 0) is 37.1 Å². The Hall–Kier alpha value is -1.49. The van der Waals surface area contributed by atoms with E-state index in [0.717, 1.165) is 17.2 Å². The predicted molar refractivity (Wildman–Crippen MR) is 103 cm³/mol. The average Bonchev–Trinajstić information content (AvgIpc) is 3.27. The lowest BCUT2D eigenvalue weighted by Crippen LogP contribution is -2.27. The third kappa shape index (κ3) is 4.43. The monoisotopic (exact) mass is 412 g/mol. The molecule has 0 atom stereocenters. The molecule has 0 unspecified atom stereocenters. The van der Waals surface area contributed by atoms with Crippen LogP contribution in [0.2, 0.25) is 0 Å². The van der Waals surface area contributed by atoms with E-state index in [-0.39, 0.29) is 10.8 Å². The number of rotatable bonds is 6. The summed E-state index contributed by atoms with van der Waals surface area (Å²) in [5.41, 5.74) is 0.374. The topological polar surface area (TPSA) is 92.3 Å². The molecular formula is C16H20N4O3S3. The van der Waals surface area contributed by atoms with Gasteiger partial charge in [-0.2, -0.15) is 4.31 Å². The van der Waals surface area contributed by atoms with E-state index in [9.17, 15) is 13.2 Å². The summed E-state index contributed by atoms with van der Waals surface area (Å²) in [5, 5.41) is 11.5. The minimum atomic E-state index is -3.47. The number of anilines is 1. The van der Waals surface area contributed by atoms with E-state index >= 15 is 0 Å². The second kappa shape index (κ2) is 8.03. The number of sulfonamides is 1. The van der Waals surface area contributed by atoms with Crippen molar-refractivity contribution in [3.8, 4) is 0 Å². The number of carbonyl (C=O) groups is 1. The van der Waals surface area contributed by atoms with Crippen LogP contribution in [0.4, 0.5) is 5.13 Å². The molecule has 26 heavy (non-hydrogen) atoms. The largest absolute Gasteiger partial charge is 0.296 e. The van der Waals surface area contributed by atoms with Crippen LogP contribution in [0.25, 0.3) is 0 Å². The molecule has 1 aliphatic heterocycles. The Kier molecular flexibility index (Phi) is 5.96. The molecule has 3 rings (SSSR count). The van der Waals surface area contributed by atoms with Crippen LogP contribution in [0.1, 0.15) is 37.0 Å². The standard InChI is InChI=1S/C16H20N4O3S3/c1-11(2)24-16-19-18-15(25-16)17-14(21)12-5-7-13(8-6-12)26(22,23)20-9-3-4-10-20/h5-8,11H,3-4,9-10H2,1-2H3,(H,17,18,21). The van der Waals surface area contributed by atoms with Crippen molar-refractivity contribution in [1.29, 1.82) is 0 Å². The number of hydrogen-bond donors (Lipinski definition) is 1. The molecular weight excluding hydrogens is 392 g/mol. The van der Waals surface area contributed by atoms with Gasteiger partial charge in [-0.15, -0.1) is 10.2 Å². The lowest BCUT2D eigenvalue weighted by molar-refractivity contribution is 0.102. The maximum Gasteiger partial charge on any atom is 0.257 e. The van der Waals surface area contributed by atoms with Crippen LogP contribution in [-0.2, 0) is 10.0 Å². The zero-order valence-corrected chi connectivity index (χ0v) is 17.0. The highest BCUT2D eigenvalue weighted by molar-refractivity contribution is 8.01. The zero-order valence-electron chi connectivity index (χ0n) is 14.5. The zero-order chi connectivity index (χ0) is 18.7. The number of carbonyl (C=O) groups excluding carboxylic acids is 1. The Balaban J connectivity index is 1.68. The van der Waals surface area contributed by atoms with E-state index in [1.54, 1.807) is 11.8 Å². The second-order valence-corrected chi connectivity index (χ2v) is 10.9. The van der Waals surface area contributed by atoms with Gasteiger partial charge in [0.1, 0.15) is 0 Å². The number of amides is 1. The first-order valence-corrected chi connectivity index (χ1v) is 11.4. The summed E-state index contributed by atoms with van der Waals surface area (Å²) in [6.45, 7) is 5.22. The highest BCUT2D eigenvalue weighted by Crippen LogP contribution is 2.28. The van der Waals surface area contributed by atoms with E-state index < -0.39 is 10.0 Å². The third-order valence-electron chi connectivity index (χ3n) is 3.78. The van der Waals surface area contributed by atoms with Gasteiger partial charge in [0.2, 0.25) is 15.2 Å². The van der Waals surface area contributed by atoms with Crippen LogP contribution >= 0.6 is 23.1 Å². The van der Waals surface area contributed by atoms with Crippen LogP contribution in [0.15, 0.2) is 33.5 Å². The van der Waals surface area contributed by atoms with Crippen molar-refractivity contribution in [2.24, 2.45) is 0 Å². The van der Waals surface area contributed by atoms with Crippen molar-refractivity contribution >= 4 is 44.2 Å². The molecule has 1 amide bonds. The normalized spacial score (nSPS) is 15.5. The lowest BCUT2D eigenvalue weighted by atomic mass is 10.2. The van der Waals surface area contributed by atoms with Gasteiger partial charge in [0, 0.05) is 23.9 Å². The van der Waals surface area contributed by atoms with E-state index in [4.69, 9.17) is 0 Å². The molecule has 140 valence electrons. The van der Waals surface area contributed by atoms with Gasteiger partial charge in [-0.25, -0.2) is 8.42 Å². The number of nitrogens with zero attached hydrogens (tertiary/aromatic N) is 3. The third-order valence-corrected chi connectivity index (χ3v) is 7.62. The molecule has 7 nitrogen and oxygen atoms in total. The average molecular weight is 413 g/mol. The van der Waals surface area contributed by atoms with Crippen molar-refractivity contribution in [3.63, 3.8) is 0 Å². The predicted octanol–water partition coefficient (Wildman–Crippen LogP) is 3.08. The summed E-state index contributed by atoms with van der Waals surface area (Å²) in [5.74, 6) is -0.340. The van der Waals surface area contributed by atoms with Crippen LogP contribution in [0.5, 0.6) is 0 Å². The first kappa shape index (κ1) is 19.3. The molecule has 1 aromatic carbocycles. The smallest absolute Gasteiger partial charge is 0.257 e. The first-order valence-electron chi connectivity index (χ1n) is 8.28. The Morgan fingerprint density at radius 1 is 1.19 bits per heavy atom. The molecule has 2 aromatic rings. The Bertz CT molecular complexity index is 872. The van der Waals surface area contributed by atoms with E-state index in [0.29, 0.717) is 29.0 Å². The van der Waals surface area contributed by atoms with Gasteiger partial charge in [-0.1, -0.05) is 36.9 Å². The summed E-state index contributed by atoms with van der Waals surface area (Å²) in [7, 11) is -3.47. The molecule has 1 aliphatic rings. The van der Waals surface area contributed by atoms with Gasteiger partial charge in [-0.3, -0.25) is 10.1 Å². The highest BCUT2D eigenvalue weighted by Gasteiger charge is 2.27. The Morgan fingerprint density at radius 3 is 2.46 bits per heavy atom. The molecule has 0 aliphatic carbocycles. The molecule has 1 saturated heterocycles. The van der Waals surface area contributed by atoms with Crippen LogP contribution in [0, 0.1) is 0 Å². The van der Waals surface area contributed by atoms with Crippen molar-refractivity contribution in [1.82, 2.24) is 14.5 Å². The van der Waals surface area contributed by atoms with Gasteiger partial charge in [0.05, 0.1) is 4.90 Å². The number of hydrogen-bond acceptors (Lipinski definition) is 7. The Morgan fingerprint density at radius 2 is 1.85 bits per heavy atom. The van der Waals surface area contributed by atoms with Crippen LogP contribution in [0.3, 0.4) is 0 Å². The second-order valence-electron chi connectivity index (χ2n) is 6.13. The van der Waals surface area contributed by atoms with Gasteiger partial charge >= 0.3 is 0 Å². The van der Waals surface area contributed by atoms with Gasteiger partial charge in [0.15, 0.2) is 4.34 Å². The summed E-state index contributed by atoms with van der Waals surface area (Å²) in [6, 6.07) is 5.98. The summed E-state index contributed by atoms with van der Waals surface area (Å²) >= 11 is 2.90. The van der Waals surface area contributed by atoms with Gasteiger partial charge < -0.3 is 0 Å². The molecule has 0 bridgehead atoms. The molecule has 10 heteroatoms. The quantitative estimate of drug-likeness (QED) is 0.579. The highest BCUT2D eigenvalue weighted by atomic mass is 32.2. The molecule has 1 N–H and O–H groups in total. The van der Waals surface area contributed by atoms with E-state index in [2.05, 4.69) is 29.4 Å². The molecule has 2 heterocycles. The fraction of sp³-hybridized carbons (Fsp3) is 0.438. The maximum atomic E-state index is 12.5.